The fraction of sp³-hybridized carbons (Fsp3) is 0.435. The van der Waals surface area contributed by atoms with Crippen LogP contribution in [-0.4, -0.2) is 50.2 Å². The van der Waals surface area contributed by atoms with Crippen LogP contribution in [0.2, 0.25) is 0 Å². The maximum absolute atomic E-state index is 12.8. The zero-order valence-electron chi connectivity index (χ0n) is 17.9. The largest absolute Gasteiger partial charge is 0.325 e. The third-order valence-corrected chi connectivity index (χ3v) is 7.22. The fourth-order valence-electron chi connectivity index (χ4n) is 4.14. The average Bonchev–Trinajstić information content (AvgIpc) is 2.68. The first-order valence-electron chi connectivity index (χ1n) is 10.4. The summed E-state index contributed by atoms with van der Waals surface area (Å²) in [5.41, 5.74) is 1.52. The number of hydrogen-bond donors (Lipinski definition) is 1. The molecular formula is C23H31N3O3S. The molecule has 3 rings (SSSR count). The van der Waals surface area contributed by atoms with Crippen molar-refractivity contribution < 1.29 is 13.2 Å². The number of rotatable bonds is 7. The van der Waals surface area contributed by atoms with E-state index >= 15 is 0 Å². The maximum atomic E-state index is 12.8. The number of benzene rings is 2. The first-order valence-corrected chi connectivity index (χ1v) is 11.8. The number of nitrogens with one attached hydrogen (secondary N) is 1. The van der Waals surface area contributed by atoms with E-state index in [1.807, 2.05) is 30.3 Å². The molecule has 0 bridgehead atoms. The van der Waals surface area contributed by atoms with Gasteiger partial charge in [0.2, 0.25) is 15.9 Å². The van der Waals surface area contributed by atoms with Gasteiger partial charge in [-0.3, -0.25) is 9.69 Å². The first-order chi connectivity index (χ1) is 14.2. The van der Waals surface area contributed by atoms with E-state index in [0.717, 1.165) is 18.7 Å². The summed E-state index contributed by atoms with van der Waals surface area (Å²) in [5, 5.41) is 2.88. The molecule has 1 aliphatic heterocycles. The van der Waals surface area contributed by atoms with Crippen molar-refractivity contribution in [3.63, 3.8) is 0 Å². The molecule has 30 heavy (non-hydrogen) atoms. The van der Waals surface area contributed by atoms with E-state index in [-0.39, 0.29) is 10.8 Å². The lowest BCUT2D eigenvalue weighted by Crippen LogP contribution is -2.42. The number of carbonyl (C=O) groups excluding carboxylic acids is 1. The number of nitrogens with zero attached hydrogens (tertiary/aromatic N) is 2. The van der Waals surface area contributed by atoms with Crippen molar-refractivity contribution in [3.05, 3.63) is 60.2 Å². The molecule has 1 aliphatic rings. The van der Waals surface area contributed by atoms with Crippen LogP contribution in [0.3, 0.4) is 0 Å². The molecule has 0 radical (unpaired) electrons. The highest BCUT2D eigenvalue weighted by Gasteiger charge is 2.24. The molecule has 7 heteroatoms. The van der Waals surface area contributed by atoms with Gasteiger partial charge in [0.1, 0.15) is 0 Å². The van der Waals surface area contributed by atoms with Crippen LogP contribution in [0.1, 0.15) is 25.8 Å². The molecule has 1 saturated heterocycles. The molecule has 2 atom stereocenters. The predicted molar refractivity (Wildman–Crippen MR) is 120 cm³/mol. The molecular weight excluding hydrogens is 398 g/mol. The van der Waals surface area contributed by atoms with Crippen molar-refractivity contribution in [2.75, 3.05) is 32.0 Å². The molecule has 0 aliphatic carbocycles. The molecule has 0 unspecified atom stereocenters. The van der Waals surface area contributed by atoms with Crippen LogP contribution in [0.25, 0.3) is 0 Å². The summed E-state index contributed by atoms with van der Waals surface area (Å²) in [6.45, 7) is 6.96. The Morgan fingerprint density at radius 2 is 1.63 bits per heavy atom. The summed E-state index contributed by atoms with van der Waals surface area (Å²) >= 11 is 0. The van der Waals surface area contributed by atoms with Crippen molar-refractivity contribution in [2.45, 2.75) is 31.7 Å². The van der Waals surface area contributed by atoms with Crippen LogP contribution in [0.15, 0.2) is 59.5 Å². The van der Waals surface area contributed by atoms with Crippen LogP contribution < -0.4 is 5.32 Å². The fourth-order valence-corrected chi connectivity index (χ4v) is 5.30. The maximum Gasteiger partial charge on any atom is 0.243 e. The number of likely N-dealkylation sites (tertiary alicyclic amines) is 1. The van der Waals surface area contributed by atoms with Gasteiger partial charge in [0.25, 0.3) is 0 Å². The minimum Gasteiger partial charge on any atom is -0.325 e. The number of hydrogen-bond acceptors (Lipinski definition) is 4. The molecule has 6 nitrogen and oxygen atoms in total. The van der Waals surface area contributed by atoms with Crippen LogP contribution in [-0.2, 0) is 21.4 Å². The van der Waals surface area contributed by atoms with Gasteiger partial charge in [-0.15, -0.1) is 0 Å². The average molecular weight is 430 g/mol. The summed E-state index contributed by atoms with van der Waals surface area (Å²) in [4.78, 5) is 14.8. The lowest BCUT2D eigenvalue weighted by atomic mass is 9.92. The monoisotopic (exact) mass is 429 g/mol. The Bertz CT molecular complexity index is 935. The van der Waals surface area contributed by atoms with E-state index in [1.165, 1.54) is 22.9 Å². The Balaban J connectivity index is 1.59. The second-order valence-corrected chi connectivity index (χ2v) is 10.5. The van der Waals surface area contributed by atoms with Gasteiger partial charge in [0, 0.05) is 32.4 Å². The molecule has 1 amide bonds. The second kappa shape index (κ2) is 9.73. The number of sulfonamides is 1. The second-order valence-electron chi connectivity index (χ2n) is 8.46. The van der Waals surface area contributed by atoms with Crippen molar-refractivity contribution in [3.8, 4) is 0 Å². The smallest absolute Gasteiger partial charge is 0.243 e. The van der Waals surface area contributed by atoms with Crippen molar-refractivity contribution in [1.29, 1.82) is 0 Å². The highest BCUT2D eigenvalue weighted by molar-refractivity contribution is 7.89. The van der Waals surface area contributed by atoms with E-state index < -0.39 is 10.0 Å². The third kappa shape index (κ3) is 5.90. The van der Waals surface area contributed by atoms with E-state index in [9.17, 15) is 13.2 Å². The lowest BCUT2D eigenvalue weighted by molar-refractivity contribution is -0.117. The SMILES string of the molecule is C[C@@H]1C[C@H](C)CN(CC(=O)Nc2ccc(S(=O)(=O)N(C)Cc3ccccc3)cc2)C1. The molecule has 1 heterocycles. The zero-order valence-corrected chi connectivity index (χ0v) is 18.7. The van der Waals surface area contributed by atoms with Gasteiger partial charge in [0.15, 0.2) is 0 Å². The van der Waals surface area contributed by atoms with Crippen LogP contribution in [0, 0.1) is 11.8 Å². The third-order valence-electron chi connectivity index (χ3n) is 5.41. The molecule has 1 fully saturated rings. The lowest BCUT2D eigenvalue weighted by Gasteiger charge is -2.34. The number of piperidine rings is 1. The van der Waals surface area contributed by atoms with Gasteiger partial charge in [-0.1, -0.05) is 44.2 Å². The van der Waals surface area contributed by atoms with Crippen molar-refractivity contribution in [1.82, 2.24) is 9.21 Å². The highest BCUT2D eigenvalue weighted by atomic mass is 32.2. The van der Waals surface area contributed by atoms with Crippen LogP contribution in [0.4, 0.5) is 5.69 Å². The predicted octanol–water partition coefficient (Wildman–Crippen LogP) is 3.42. The number of amides is 1. The van der Waals surface area contributed by atoms with Crippen molar-refractivity contribution in [2.24, 2.45) is 11.8 Å². The normalized spacial score (nSPS) is 20.3. The molecule has 0 saturated carbocycles. The van der Waals surface area contributed by atoms with Crippen LogP contribution >= 0.6 is 0 Å². The molecule has 1 N–H and O–H groups in total. The number of anilines is 1. The molecule has 0 spiro atoms. The van der Waals surface area contributed by atoms with Crippen LogP contribution in [0.5, 0.6) is 0 Å². The van der Waals surface area contributed by atoms with Gasteiger partial charge in [0.05, 0.1) is 11.4 Å². The molecule has 2 aromatic carbocycles. The Labute approximate surface area is 179 Å². The minimum atomic E-state index is -3.60. The Hall–Kier alpha value is -2.22. The van der Waals surface area contributed by atoms with E-state index in [4.69, 9.17) is 0 Å². The highest BCUT2D eigenvalue weighted by Crippen LogP contribution is 2.21. The Morgan fingerprint density at radius 3 is 2.23 bits per heavy atom. The summed E-state index contributed by atoms with van der Waals surface area (Å²) < 4.78 is 27.0. The Morgan fingerprint density at radius 1 is 1.03 bits per heavy atom. The summed E-state index contributed by atoms with van der Waals surface area (Å²) in [5.74, 6) is 1.12. The molecule has 0 aromatic heterocycles. The van der Waals surface area contributed by atoms with E-state index in [0.29, 0.717) is 30.6 Å². The first kappa shape index (κ1) is 22.5. The quantitative estimate of drug-likeness (QED) is 0.732. The summed E-state index contributed by atoms with van der Waals surface area (Å²) in [6, 6.07) is 15.8. The van der Waals surface area contributed by atoms with E-state index in [1.54, 1.807) is 19.2 Å². The van der Waals surface area contributed by atoms with E-state index in [2.05, 4.69) is 24.1 Å². The van der Waals surface area contributed by atoms with Gasteiger partial charge < -0.3 is 5.32 Å². The topological polar surface area (TPSA) is 69.7 Å². The van der Waals surface area contributed by atoms with Gasteiger partial charge in [-0.2, -0.15) is 4.31 Å². The number of carbonyl (C=O) groups is 1. The summed E-state index contributed by atoms with van der Waals surface area (Å²) in [6.07, 6.45) is 1.20. The molecule has 162 valence electrons. The van der Waals surface area contributed by atoms with Gasteiger partial charge >= 0.3 is 0 Å². The minimum absolute atomic E-state index is 0.0758. The standard InChI is InChI=1S/C23H31N3O3S/c1-18-13-19(2)15-26(14-18)17-23(27)24-21-9-11-22(12-10-21)30(28,29)25(3)16-20-7-5-4-6-8-20/h4-12,18-19H,13-17H2,1-3H3,(H,24,27)/t18-,19+. The van der Waals surface area contributed by atoms with Crippen molar-refractivity contribution >= 4 is 21.6 Å². The Kier molecular flexibility index (Phi) is 7.28. The summed E-state index contributed by atoms with van der Waals surface area (Å²) in [7, 11) is -2.04. The zero-order chi connectivity index (χ0) is 21.7. The van der Waals surface area contributed by atoms with Gasteiger partial charge in [-0.25, -0.2) is 8.42 Å². The van der Waals surface area contributed by atoms with Gasteiger partial charge in [-0.05, 0) is 48.1 Å². The molecule has 2 aromatic rings.